The van der Waals surface area contributed by atoms with Gasteiger partial charge in [-0.2, -0.15) is 14.8 Å². The number of rotatable bonds is 6. The molecule has 0 amide bonds. The first-order chi connectivity index (χ1) is 11.2. The molecule has 6 nitrogen and oxygen atoms in total. The first-order valence-corrected chi connectivity index (χ1v) is 7.46. The Kier molecular flexibility index (Phi) is 4.43. The van der Waals surface area contributed by atoms with Gasteiger partial charge in [0.2, 0.25) is 0 Å². The van der Waals surface area contributed by atoms with Crippen LogP contribution in [0.25, 0.3) is 5.52 Å². The molecule has 0 aliphatic heterocycles. The van der Waals surface area contributed by atoms with E-state index in [0.29, 0.717) is 6.54 Å². The molecule has 2 heterocycles. The van der Waals surface area contributed by atoms with Crippen LogP contribution in [0.2, 0.25) is 0 Å². The standard InChI is InChI=1S/C17H20N4O2/c1-12(15-11-20-21-16(15)5-4-8-19-21)18-10-13-6-7-14(22-2)9-17(13)23-3/h4-9,11-12,18H,10H2,1-3H3. The molecule has 1 unspecified atom stereocenters. The summed E-state index contributed by atoms with van der Waals surface area (Å²) in [5, 5.41) is 12.0. The summed E-state index contributed by atoms with van der Waals surface area (Å²) in [5.41, 5.74) is 3.20. The fourth-order valence-electron chi connectivity index (χ4n) is 2.56. The van der Waals surface area contributed by atoms with Crippen LogP contribution in [0.15, 0.2) is 42.7 Å². The van der Waals surface area contributed by atoms with Crippen LogP contribution in [0.3, 0.4) is 0 Å². The van der Waals surface area contributed by atoms with E-state index in [0.717, 1.165) is 28.1 Å². The summed E-state index contributed by atoms with van der Waals surface area (Å²) in [6, 6.07) is 9.91. The van der Waals surface area contributed by atoms with Gasteiger partial charge in [-0.15, -0.1) is 0 Å². The number of methoxy groups -OCH3 is 2. The molecule has 0 spiro atoms. The van der Waals surface area contributed by atoms with Crippen molar-refractivity contribution in [2.75, 3.05) is 14.2 Å². The van der Waals surface area contributed by atoms with Gasteiger partial charge in [0.25, 0.3) is 0 Å². The first-order valence-electron chi connectivity index (χ1n) is 7.46. The van der Waals surface area contributed by atoms with E-state index in [1.165, 1.54) is 0 Å². The van der Waals surface area contributed by atoms with E-state index < -0.39 is 0 Å². The molecule has 0 radical (unpaired) electrons. The summed E-state index contributed by atoms with van der Waals surface area (Å²) in [5.74, 6) is 1.60. The molecule has 1 atom stereocenters. The zero-order chi connectivity index (χ0) is 16.2. The number of nitrogens with zero attached hydrogens (tertiary/aromatic N) is 3. The van der Waals surface area contributed by atoms with Gasteiger partial charge in [-0.05, 0) is 25.1 Å². The second-order valence-corrected chi connectivity index (χ2v) is 5.28. The minimum Gasteiger partial charge on any atom is -0.497 e. The van der Waals surface area contributed by atoms with E-state index in [1.54, 1.807) is 25.0 Å². The molecule has 2 aromatic heterocycles. The van der Waals surface area contributed by atoms with Gasteiger partial charge in [0, 0.05) is 36.0 Å². The summed E-state index contributed by atoms with van der Waals surface area (Å²) in [4.78, 5) is 0. The van der Waals surface area contributed by atoms with Crippen molar-refractivity contribution in [3.8, 4) is 11.5 Å². The highest BCUT2D eigenvalue weighted by molar-refractivity contribution is 5.53. The zero-order valence-corrected chi connectivity index (χ0v) is 13.5. The molecule has 0 saturated heterocycles. The fourth-order valence-corrected chi connectivity index (χ4v) is 2.56. The second kappa shape index (κ2) is 6.66. The van der Waals surface area contributed by atoms with Crippen LogP contribution in [0, 0.1) is 0 Å². The highest BCUT2D eigenvalue weighted by Gasteiger charge is 2.13. The summed E-state index contributed by atoms with van der Waals surface area (Å²) in [7, 11) is 3.31. The van der Waals surface area contributed by atoms with Crippen molar-refractivity contribution in [1.29, 1.82) is 0 Å². The Hall–Kier alpha value is -2.60. The van der Waals surface area contributed by atoms with Crippen LogP contribution in [-0.2, 0) is 6.54 Å². The van der Waals surface area contributed by atoms with Crippen LogP contribution >= 0.6 is 0 Å². The molecule has 3 aromatic rings. The van der Waals surface area contributed by atoms with Crippen LogP contribution in [0.5, 0.6) is 11.5 Å². The van der Waals surface area contributed by atoms with Gasteiger partial charge in [0.05, 0.1) is 25.9 Å². The monoisotopic (exact) mass is 312 g/mol. The lowest BCUT2D eigenvalue weighted by Gasteiger charge is -2.15. The van der Waals surface area contributed by atoms with Crippen molar-refractivity contribution < 1.29 is 9.47 Å². The average molecular weight is 312 g/mol. The first kappa shape index (κ1) is 15.3. The number of nitrogens with one attached hydrogen (secondary N) is 1. The van der Waals surface area contributed by atoms with Crippen molar-refractivity contribution in [1.82, 2.24) is 20.1 Å². The van der Waals surface area contributed by atoms with Crippen molar-refractivity contribution in [3.63, 3.8) is 0 Å². The smallest absolute Gasteiger partial charge is 0.127 e. The molecule has 0 aliphatic rings. The highest BCUT2D eigenvalue weighted by atomic mass is 16.5. The molecular weight excluding hydrogens is 292 g/mol. The number of aromatic nitrogens is 3. The molecule has 120 valence electrons. The minimum absolute atomic E-state index is 0.142. The fraction of sp³-hybridized carbons (Fsp3) is 0.294. The average Bonchev–Trinajstić information content (AvgIpc) is 3.03. The molecule has 0 saturated carbocycles. The van der Waals surface area contributed by atoms with E-state index in [1.807, 2.05) is 36.5 Å². The number of benzene rings is 1. The van der Waals surface area contributed by atoms with E-state index in [4.69, 9.17) is 9.47 Å². The zero-order valence-electron chi connectivity index (χ0n) is 13.5. The maximum Gasteiger partial charge on any atom is 0.127 e. The Labute approximate surface area is 135 Å². The van der Waals surface area contributed by atoms with Gasteiger partial charge in [-0.25, -0.2) is 0 Å². The predicted octanol–water partition coefficient (Wildman–Crippen LogP) is 2.60. The Morgan fingerprint density at radius 3 is 2.83 bits per heavy atom. The Balaban J connectivity index is 1.75. The number of fused-ring (bicyclic) bond motifs is 1. The molecule has 0 bridgehead atoms. The quantitative estimate of drug-likeness (QED) is 0.758. The van der Waals surface area contributed by atoms with Crippen molar-refractivity contribution in [2.24, 2.45) is 0 Å². The minimum atomic E-state index is 0.142. The van der Waals surface area contributed by atoms with Gasteiger partial charge in [-0.1, -0.05) is 6.07 Å². The summed E-state index contributed by atoms with van der Waals surface area (Å²) >= 11 is 0. The largest absolute Gasteiger partial charge is 0.497 e. The van der Waals surface area contributed by atoms with Crippen molar-refractivity contribution >= 4 is 5.52 Å². The van der Waals surface area contributed by atoms with Gasteiger partial charge in [0.1, 0.15) is 11.5 Å². The second-order valence-electron chi connectivity index (χ2n) is 5.28. The molecule has 1 aromatic carbocycles. The Morgan fingerprint density at radius 1 is 1.17 bits per heavy atom. The van der Waals surface area contributed by atoms with Crippen LogP contribution < -0.4 is 14.8 Å². The van der Waals surface area contributed by atoms with E-state index >= 15 is 0 Å². The van der Waals surface area contributed by atoms with Crippen molar-refractivity contribution in [2.45, 2.75) is 19.5 Å². The van der Waals surface area contributed by atoms with Crippen LogP contribution in [0.4, 0.5) is 0 Å². The van der Waals surface area contributed by atoms with Crippen molar-refractivity contribution in [3.05, 3.63) is 53.9 Å². The van der Waals surface area contributed by atoms with Crippen LogP contribution in [0.1, 0.15) is 24.1 Å². The van der Waals surface area contributed by atoms with E-state index in [-0.39, 0.29) is 6.04 Å². The number of hydrogen-bond acceptors (Lipinski definition) is 5. The van der Waals surface area contributed by atoms with Gasteiger partial charge < -0.3 is 14.8 Å². The molecule has 1 N–H and O–H groups in total. The lowest BCUT2D eigenvalue weighted by atomic mass is 10.1. The topological polar surface area (TPSA) is 60.7 Å². The van der Waals surface area contributed by atoms with Gasteiger partial charge in [0.15, 0.2) is 0 Å². The SMILES string of the molecule is COc1ccc(CNC(C)c2cnn3ncccc23)c(OC)c1. The Morgan fingerprint density at radius 2 is 2.04 bits per heavy atom. The van der Waals surface area contributed by atoms with Gasteiger partial charge >= 0.3 is 0 Å². The summed E-state index contributed by atoms with van der Waals surface area (Å²) in [6.45, 7) is 2.80. The van der Waals surface area contributed by atoms with Crippen LogP contribution in [-0.4, -0.2) is 29.0 Å². The third kappa shape index (κ3) is 3.12. The maximum atomic E-state index is 5.43. The molecule has 0 fully saturated rings. The summed E-state index contributed by atoms with van der Waals surface area (Å²) < 4.78 is 12.3. The summed E-state index contributed by atoms with van der Waals surface area (Å²) in [6.07, 6.45) is 3.58. The molecular formula is C17H20N4O2. The normalized spacial score (nSPS) is 12.3. The molecule has 0 aliphatic carbocycles. The third-order valence-corrected chi connectivity index (χ3v) is 3.89. The molecule has 3 rings (SSSR count). The highest BCUT2D eigenvalue weighted by Crippen LogP contribution is 2.25. The predicted molar refractivity (Wildman–Crippen MR) is 87.8 cm³/mol. The lowest BCUT2D eigenvalue weighted by molar-refractivity contribution is 0.389. The Bertz CT molecular complexity index is 800. The number of ether oxygens (including phenoxy) is 2. The molecule has 6 heteroatoms. The lowest BCUT2D eigenvalue weighted by Crippen LogP contribution is -2.18. The van der Waals surface area contributed by atoms with E-state index in [9.17, 15) is 0 Å². The molecule has 23 heavy (non-hydrogen) atoms. The van der Waals surface area contributed by atoms with Gasteiger partial charge in [-0.3, -0.25) is 0 Å². The third-order valence-electron chi connectivity index (χ3n) is 3.89. The van der Waals surface area contributed by atoms with E-state index in [2.05, 4.69) is 22.4 Å². The maximum absolute atomic E-state index is 5.43. The number of hydrogen-bond donors (Lipinski definition) is 1.